The number of aromatic nitrogens is 4. The molecule has 1 atom stereocenters. The van der Waals surface area contributed by atoms with E-state index in [-0.39, 0.29) is 6.04 Å². The highest BCUT2D eigenvalue weighted by Gasteiger charge is 2.30. The smallest absolute Gasteiger partial charge is 0.246 e. The Morgan fingerprint density at radius 2 is 2.39 bits per heavy atom. The molecule has 120 valence electrons. The Morgan fingerprint density at radius 1 is 1.43 bits per heavy atom. The summed E-state index contributed by atoms with van der Waals surface area (Å²) in [4.78, 5) is 7.87. The molecule has 0 spiro atoms. The van der Waals surface area contributed by atoms with Gasteiger partial charge in [-0.15, -0.1) is 11.3 Å². The number of nitrogens with zero attached hydrogens (tertiary/aromatic N) is 5. The Labute approximate surface area is 137 Å². The lowest BCUT2D eigenvalue weighted by atomic mass is 10.2. The molecule has 0 N–H and O–H groups in total. The Bertz CT molecular complexity index is 767. The van der Waals surface area contributed by atoms with Gasteiger partial charge in [-0.1, -0.05) is 11.2 Å². The minimum absolute atomic E-state index is 0.0230. The largest absolute Gasteiger partial charge is 0.378 e. The van der Waals surface area contributed by atoms with Crippen LogP contribution in [0.2, 0.25) is 0 Å². The second kappa shape index (κ2) is 6.23. The first-order valence-corrected chi connectivity index (χ1v) is 8.34. The molecular formula is C15H17N5O2S. The molecule has 0 amide bonds. The zero-order valence-electron chi connectivity index (χ0n) is 12.8. The number of aryl methyl sites for hydroxylation is 1. The third-order valence-corrected chi connectivity index (χ3v) is 4.72. The van der Waals surface area contributed by atoms with Crippen LogP contribution in [0.3, 0.4) is 0 Å². The molecule has 0 bridgehead atoms. The van der Waals surface area contributed by atoms with Crippen molar-refractivity contribution in [1.82, 2.24) is 24.8 Å². The summed E-state index contributed by atoms with van der Waals surface area (Å²) in [7, 11) is 1.92. The summed E-state index contributed by atoms with van der Waals surface area (Å²) in [5.41, 5.74) is 1.16. The van der Waals surface area contributed by atoms with Crippen LogP contribution in [0.5, 0.6) is 0 Å². The van der Waals surface area contributed by atoms with Gasteiger partial charge < -0.3 is 9.26 Å². The van der Waals surface area contributed by atoms with Crippen molar-refractivity contribution >= 4 is 11.3 Å². The van der Waals surface area contributed by atoms with E-state index in [1.807, 2.05) is 41.6 Å². The average molecular weight is 331 g/mol. The Hall–Kier alpha value is -2.03. The van der Waals surface area contributed by atoms with Gasteiger partial charge in [0.15, 0.2) is 0 Å². The number of thiophene rings is 1. The van der Waals surface area contributed by atoms with Crippen LogP contribution in [0, 0.1) is 0 Å². The van der Waals surface area contributed by atoms with Crippen molar-refractivity contribution < 1.29 is 9.26 Å². The van der Waals surface area contributed by atoms with Crippen LogP contribution in [-0.2, 0) is 18.3 Å². The van der Waals surface area contributed by atoms with Crippen LogP contribution >= 0.6 is 11.3 Å². The second-order valence-electron chi connectivity index (χ2n) is 5.52. The van der Waals surface area contributed by atoms with Crippen LogP contribution in [0.25, 0.3) is 10.7 Å². The van der Waals surface area contributed by atoms with Crippen molar-refractivity contribution in [3.05, 3.63) is 41.4 Å². The van der Waals surface area contributed by atoms with Crippen molar-refractivity contribution in [3.8, 4) is 10.7 Å². The van der Waals surface area contributed by atoms with E-state index in [1.165, 1.54) is 0 Å². The number of morpholine rings is 1. The predicted molar refractivity (Wildman–Crippen MR) is 84.8 cm³/mol. The molecule has 4 heterocycles. The number of ether oxygens (including phenoxy) is 1. The van der Waals surface area contributed by atoms with Gasteiger partial charge in [-0.2, -0.15) is 10.1 Å². The average Bonchev–Trinajstić information content (AvgIpc) is 3.28. The molecule has 1 aliphatic rings. The standard InChI is InChI=1S/C15H17N5O2S/c1-19-8-11(7-16-19)9-20-4-5-21-10-12(20)15-17-14(18-22-15)13-3-2-6-23-13/h2-3,6-8,12H,4-5,9-10H2,1H3/t12-/m0/s1. The number of hydrogen-bond acceptors (Lipinski definition) is 7. The summed E-state index contributed by atoms with van der Waals surface area (Å²) in [6.07, 6.45) is 3.91. The molecule has 8 heteroatoms. The van der Waals surface area contributed by atoms with E-state index >= 15 is 0 Å². The molecule has 0 aromatic carbocycles. The summed E-state index contributed by atoms with van der Waals surface area (Å²) >= 11 is 1.60. The quantitative estimate of drug-likeness (QED) is 0.729. The van der Waals surface area contributed by atoms with E-state index in [0.717, 1.165) is 23.5 Å². The predicted octanol–water partition coefficient (Wildman–Crippen LogP) is 2.11. The summed E-state index contributed by atoms with van der Waals surface area (Å²) in [5, 5.41) is 10.3. The zero-order valence-corrected chi connectivity index (χ0v) is 13.6. The molecule has 7 nitrogen and oxygen atoms in total. The number of hydrogen-bond donors (Lipinski definition) is 0. The monoisotopic (exact) mass is 331 g/mol. The molecule has 4 rings (SSSR count). The topological polar surface area (TPSA) is 69.2 Å². The van der Waals surface area contributed by atoms with Crippen LogP contribution in [0.1, 0.15) is 17.5 Å². The summed E-state index contributed by atoms with van der Waals surface area (Å²) in [6.45, 7) is 2.89. The Morgan fingerprint density at radius 3 is 3.17 bits per heavy atom. The maximum absolute atomic E-state index is 5.62. The molecule has 0 unspecified atom stereocenters. The molecule has 0 saturated carbocycles. The highest BCUT2D eigenvalue weighted by Crippen LogP contribution is 2.28. The maximum atomic E-state index is 5.62. The van der Waals surface area contributed by atoms with Crippen LogP contribution < -0.4 is 0 Å². The van der Waals surface area contributed by atoms with Crippen molar-refractivity contribution in [2.24, 2.45) is 7.05 Å². The molecule has 1 aliphatic heterocycles. The van der Waals surface area contributed by atoms with Gasteiger partial charge in [0.2, 0.25) is 11.7 Å². The van der Waals surface area contributed by atoms with Gasteiger partial charge in [-0.3, -0.25) is 9.58 Å². The fraction of sp³-hybridized carbons (Fsp3) is 0.400. The van der Waals surface area contributed by atoms with E-state index in [2.05, 4.69) is 20.1 Å². The van der Waals surface area contributed by atoms with Crippen molar-refractivity contribution in [1.29, 1.82) is 0 Å². The van der Waals surface area contributed by atoms with Crippen molar-refractivity contribution in [2.45, 2.75) is 12.6 Å². The SMILES string of the molecule is Cn1cc(CN2CCOC[C@H]2c2nc(-c3cccs3)no2)cn1. The number of rotatable bonds is 4. The fourth-order valence-electron chi connectivity index (χ4n) is 2.72. The Kier molecular flexibility index (Phi) is 3.94. The fourth-order valence-corrected chi connectivity index (χ4v) is 3.37. The van der Waals surface area contributed by atoms with Crippen molar-refractivity contribution in [3.63, 3.8) is 0 Å². The minimum atomic E-state index is -0.0230. The zero-order chi connectivity index (χ0) is 15.6. The molecular weight excluding hydrogens is 314 g/mol. The molecule has 23 heavy (non-hydrogen) atoms. The lowest BCUT2D eigenvalue weighted by Gasteiger charge is -2.32. The normalized spacial score (nSPS) is 19.3. The molecule has 1 fully saturated rings. The van der Waals surface area contributed by atoms with Gasteiger partial charge in [0.25, 0.3) is 0 Å². The van der Waals surface area contributed by atoms with Gasteiger partial charge in [0, 0.05) is 31.9 Å². The first kappa shape index (κ1) is 14.6. The lowest BCUT2D eigenvalue weighted by molar-refractivity contribution is -0.0241. The van der Waals surface area contributed by atoms with Gasteiger partial charge in [-0.25, -0.2) is 0 Å². The van der Waals surface area contributed by atoms with E-state index in [4.69, 9.17) is 9.26 Å². The lowest BCUT2D eigenvalue weighted by Crippen LogP contribution is -2.39. The first-order chi connectivity index (χ1) is 11.3. The van der Waals surface area contributed by atoms with E-state index in [0.29, 0.717) is 24.9 Å². The van der Waals surface area contributed by atoms with Crippen LogP contribution in [0.15, 0.2) is 34.4 Å². The van der Waals surface area contributed by atoms with Gasteiger partial charge in [0.05, 0.1) is 24.3 Å². The van der Waals surface area contributed by atoms with E-state index < -0.39 is 0 Å². The molecule has 3 aromatic rings. The van der Waals surface area contributed by atoms with Gasteiger partial charge in [-0.05, 0) is 11.4 Å². The van der Waals surface area contributed by atoms with Gasteiger partial charge >= 0.3 is 0 Å². The molecule has 0 radical (unpaired) electrons. The highest BCUT2D eigenvalue weighted by atomic mass is 32.1. The molecule has 1 saturated heterocycles. The Balaban J connectivity index is 1.55. The molecule has 0 aliphatic carbocycles. The van der Waals surface area contributed by atoms with Gasteiger partial charge in [0.1, 0.15) is 6.04 Å². The van der Waals surface area contributed by atoms with Crippen molar-refractivity contribution in [2.75, 3.05) is 19.8 Å². The minimum Gasteiger partial charge on any atom is -0.378 e. The van der Waals surface area contributed by atoms with E-state index in [1.54, 1.807) is 11.3 Å². The third kappa shape index (κ3) is 3.05. The highest BCUT2D eigenvalue weighted by molar-refractivity contribution is 7.13. The first-order valence-electron chi connectivity index (χ1n) is 7.46. The van der Waals surface area contributed by atoms with Crippen LogP contribution in [0.4, 0.5) is 0 Å². The van der Waals surface area contributed by atoms with E-state index in [9.17, 15) is 0 Å². The molecule has 3 aromatic heterocycles. The second-order valence-corrected chi connectivity index (χ2v) is 6.46. The third-order valence-electron chi connectivity index (χ3n) is 3.85. The summed E-state index contributed by atoms with van der Waals surface area (Å²) in [5.74, 6) is 1.25. The van der Waals surface area contributed by atoms with Crippen LogP contribution in [-0.4, -0.2) is 44.6 Å². The summed E-state index contributed by atoms with van der Waals surface area (Å²) < 4.78 is 12.9. The summed E-state index contributed by atoms with van der Waals surface area (Å²) in [6, 6.07) is 3.95. The maximum Gasteiger partial charge on any atom is 0.246 e.